The lowest BCUT2D eigenvalue weighted by Gasteiger charge is -2.20. The Hall–Kier alpha value is -2.11. The first-order chi connectivity index (χ1) is 8.45. The molecule has 6 heteroatoms. The fourth-order valence-corrected chi connectivity index (χ4v) is 1.52. The van der Waals surface area contributed by atoms with Crippen LogP contribution in [-0.2, 0) is 4.79 Å². The Labute approximate surface area is 105 Å². The Morgan fingerprint density at radius 2 is 2.00 bits per heavy atom. The number of pyridine rings is 1. The molecule has 1 heterocycles. The molecule has 0 saturated carbocycles. The number of carbonyl (C=O) groups excluding carboxylic acids is 2. The Kier molecular flexibility index (Phi) is 4.65. The van der Waals surface area contributed by atoms with E-state index in [0.717, 1.165) is 11.2 Å². The van der Waals surface area contributed by atoms with Crippen molar-refractivity contribution >= 4 is 11.8 Å². The van der Waals surface area contributed by atoms with Gasteiger partial charge in [-0.15, -0.1) is 0 Å². The van der Waals surface area contributed by atoms with Gasteiger partial charge in [0, 0.05) is 16.9 Å². The van der Waals surface area contributed by atoms with E-state index in [9.17, 15) is 9.59 Å². The highest BCUT2D eigenvalue weighted by Gasteiger charge is 2.24. The van der Waals surface area contributed by atoms with Gasteiger partial charge in [0.15, 0.2) is 0 Å². The third-order valence-electron chi connectivity index (χ3n) is 2.88. The quantitative estimate of drug-likeness (QED) is 0.502. The summed E-state index contributed by atoms with van der Waals surface area (Å²) < 4.78 is 0.830. The van der Waals surface area contributed by atoms with E-state index in [1.165, 1.54) is 24.5 Å². The molecule has 0 radical (unpaired) electrons. The van der Waals surface area contributed by atoms with Gasteiger partial charge in [-0.1, -0.05) is 20.3 Å². The number of nitrogens with one attached hydrogen (secondary N) is 1. The summed E-state index contributed by atoms with van der Waals surface area (Å²) >= 11 is 0. The van der Waals surface area contributed by atoms with Crippen LogP contribution in [0.25, 0.3) is 0 Å². The minimum absolute atomic E-state index is 0.0297. The zero-order valence-electron chi connectivity index (χ0n) is 10.5. The van der Waals surface area contributed by atoms with Crippen molar-refractivity contribution in [3.8, 4) is 0 Å². The normalized spacial score (nSPS) is 13.7. The standard InChI is InChI=1S/C12H17N3O3/c1-3-8(2)10(11(13)16)14-12(17)9-4-6-15(18)7-5-9/h4-8,10H,3H2,1-2H3,(H3-,13,14,16,17,18)/p+1/t8-,10?/m0/s1. The molecule has 1 rings (SSSR count). The van der Waals surface area contributed by atoms with E-state index in [1.807, 2.05) is 13.8 Å². The van der Waals surface area contributed by atoms with E-state index in [1.54, 1.807) is 0 Å². The highest BCUT2D eigenvalue weighted by Crippen LogP contribution is 2.08. The van der Waals surface area contributed by atoms with Gasteiger partial charge in [0.1, 0.15) is 6.04 Å². The Morgan fingerprint density at radius 1 is 1.44 bits per heavy atom. The molecular weight excluding hydrogens is 234 g/mol. The lowest BCUT2D eigenvalue weighted by atomic mass is 9.98. The molecule has 6 nitrogen and oxygen atoms in total. The zero-order chi connectivity index (χ0) is 13.7. The second kappa shape index (κ2) is 6.00. The molecule has 0 saturated heterocycles. The van der Waals surface area contributed by atoms with Crippen LogP contribution in [-0.4, -0.2) is 23.1 Å². The zero-order valence-corrected chi connectivity index (χ0v) is 10.5. The van der Waals surface area contributed by atoms with Gasteiger partial charge in [0.2, 0.25) is 18.3 Å². The summed E-state index contributed by atoms with van der Waals surface area (Å²) in [6, 6.07) is 2.21. The van der Waals surface area contributed by atoms with E-state index in [2.05, 4.69) is 5.32 Å². The van der Waals surface area contributed by atoms with Crippen LogP contribution in [0.4, 0.5) is 0 Å². The Bertz CT molecular complexity index is 431. The first-order valence-corrected chi connectivity index (χ1v) is 5.76. The number of rotatable bonds is 5. The predicted molar refractivity (Wildman–Crippen MR) is 63.7 cm³/mol. The number of aromatic nitrogens is 1. The van der Waals surface area contributed by atoms with Crippen LogP contribution < -0.4 is 15.8 Å². The molecule has 4 N–H and O–H groups in total. The van der Waals surface area contributed by atoms with Gasteiger partial charge in [-0.25, -0.2) is 0 Å². The van der Waals surface area contributed by atoms with Crippen molar-refractivity contribution in [1.29, 1.82) is 0 Å². The number of nitrogens with two attached hydrogens (primary N) is 1. The molecule has 1 aromatic rings. The van der Waals surface area contributed by atoms with E-state index in [0.29, 0.717) is 5.56 Å². The largest absolute Gasteiger partial charge is 0.368 e. The summed E-state index contributed by atoms with van der Waals surface area (Å²) in [5.74, 6) is -0.969. The molecule has 0 aliphatic carbocycles. The van der Waals surface area contributed by atoms with E-state index >= 15 is 0 Å². The molecule has 0 bridgehead atoms. The van der Waals surface area contributed by atoms with Crippen molar-refractivity contribution in [2.75, 3.05) is 0 Å². The summed E-state index contributed by atoms with van der Waals surface area (Å²) in [7, 11) is 0. The van der Waals surface area contributed by atoms with Crippen LogP contribution in [0.3, 0.4) is 0 Å². The molecular formula is C12H18N3O3+. The van der Waals surface area contributed by atoms with Gasteiger partial charge in [-0.05, 0) is 5.92 Å². The number of primary amides is 1. The first-order valence-electron chi connectivity index (χ1n) is 5.76. The van der Waals surface area contributed by atoms with Crippen molar-refractivity contribution in [3.05, 3.63) is 30.1 Å². The van der Waals surface area contributed by atoms with Crippen molar-refractivity contribution in [2.45, 2.75) is 26.3 Å². The smallest absolute Gasteiger partial charge is 0.252 e. The lowest BCUT2D eigenvalue weighted by Crippen LogP contribution is -2.48. The molecule has 2 amide bonds. The third-order valence-corrected chi connectivity index (χ3v) is 2.88. The maximum atomic E-state index is 11.9. The van der Waals surface area contributed by atoms with Gasteiger partial charge in [0.05, 0.1) is 5.56 Å². The van der Waals surface area contributed by atoms with Crippen molar-refractivity contribution in [2.24, 2.45) is 11.7 Å². The maximum absolute atomic E-state index is 11.9. The number of nitrogens with zero attached hydrogens (tertiary/aromatic N) is 1. The molecule has 0 fully saturated rings. The van der Waals surface area contributed by atoms with Crippen molar-refractivity contribution in [3.63, 3.8) is 0 Å². The Balaban J connectivity index is 2.78. The van der Waals surface area contributed by atoms with Gasteiger partial charge >= 0.3 is 0 Å². The number of amides is 2. The highest BCUT2D eigenvalue weighted by molar-refractivity contribution is 5.97. The summed E-state index contributed by atoms with van der Waals surface area (Å²) in [6.45, 7) is 3.77. The summed E-state index contributed by atoms with van der Waals surface area (Å²) in [6.07, 6.45) is 3.40. The van der Waals surface area contributed by atoms with Crippen molar-refractivity contribution < 1.29 is 19.5 Å². The monoisotopic (exact) mass is 252 g/mol. The van der Waals surface area contributed by atoms with E-state index in [-0.39, 0.29) is 11.8 Å². The Morgan fingerprint density at radius 3 is 2.44 bits per heavy atom. The molecule has 98 valence electrons. The first kappa shape index (κ1) is 14.0. The van der Waals surface area contributed by atoms with E-state index in [4.69, 9.17) is 10.9 Å². The third kappa shape index (κ3) is 3.44. The molecule has 0 spiro atoms. The van der Waals surface area contributed by atoms with Crippen LogP contribution >= 0.6 is 0 Å². The highest BCUT2D eigenvalue weighted by atomic mass is 16.5. The molecule has 0 aliphatic heterocycles. The van der Waals surface area contributed by atoms with Crippen molar-refractivity contribution in [1.82, 2.24) is 5.32 Å². The van der Waals surface area contributed by atoms with Crippen LogP contribution in [0.5, 0.6) is 0 Å². The van der Waals surface area contributed by atoms with Crippen LogP contribution in [0.1, 0.15) is 30.6 Å². The topological polar surface area (TPSA) is 96.3 Å². The average molecular weight is 252 g/mol. The van der Waals surface area contributed by atoms with E-state index < -0.39 is 11.9 Å². The summed E-state index contributed by atoms with van der Waals surface area (Å²) in [4.78, 5) is 23.2. The van der Waals surface area contributed by atoms with Crippen LogP contribution in [0.2, 0.25) is 0 Å². The van der Waals surface area contributed by atoms with Gasteiger partial charge < -0.3 is 11.1 Å². The number of hydrogen-bond donors (Lipinski definition) is 3. The molecule has 2 atom stereocenters. The van der Waals surface area contributed by atoms with Crippen LogP contribution in [0, 0.1) is 5.92 Å². The molecule has 1 aromatic heterocycles. The maximum Gasteiger partial charge on any atom is 0.252 e. The van der Waals surface area contributed by atoms with Gasteiger partial charge in [-0.3, -0.25) is 14.8 Å². The predicted octanol–water partition coefficient (Wildman–Crippen LogP) is -0.159. The summed E-state index contributed by atoms with van der Waals surface area (Å²) in [5.41, 5.74) is 5.62. The van der Waals surface area contributed by atoms with Gasteiger partial charge in [-0.2, -0.15) is 0 Å². The fourth-order valence-electron chi connectivity index (χ4n) is 1.52. The average Bonchev–Trinajstić information content (AvgIpc) is 2.35. The number of carbonyl (C=O) groups is 2. The van der Waals surface area contributed by atoms with Crippen LogP contribution in [0.15, 0.2) is 24.5 Å². The minimum Gasteiger partial charge on any atom is -0.368 e. The SMILES string of the molecule is CC[C@H](C)C(NC(=O)c1cc[n+](O)cc1)C(N)=O. The molecule has 0 aliphatic rings. The van der Waals surface area contributed by atoms with Gasteiger partial charge in [0.25, 0.3) is 5.91 Å². The second-order valence-corrected chi connectivity index (χ2v) is 4.21. The fraction of sp³-hybridized carbons (Fsp3) is 0.417. The molecule has 0 aromatic carbocycles. The lowest BCUT2D eigenvalue weighted by molar-refractivity contribution is -0.904. The molecule has 18 heavy (non-hydrogen) atoms. The second-order valence-electron chi connectivity index (χ2n) is 4.21. The number of hydrogen-bond acceptors (Lipinski definition) is 3. The summed E-state index contributed by atoms with van der Waals surface area (Å²) in [5, 5.41) is 11.6. The minimum atomic E-state index is -0.691. The molecule has 1 unspecified atom stereocenters.